The molecule has 2 aromatic carbocycles. The minimum atomic E-state index is -0.425. The van der Waals surface area contributed by atoms with Gasteiger partial charge in [-0.1, -0.05) is 58.9 Å². The first-order chi connectivity index (χ1) is 12.1. The Morgan fingerprint density at radius 1 is 1.00 bits per heavy atom. The standard InChI is InChI=1S/C23H28O3/c1-14-22(2,3)19-10-8-16(12-20(19)23(14,4)5)15-7-9-18(21(25)26-6)17(11-15)13-24/h7-12,14,24H,13H2,1-6H3. The van der Waals surface area contributed by atoms with Crippen LogP contribution >= 0.6 is 0 Å². The number of rotatable bonds is 3. The van der Waals surface area contributed by atoms with Gasteiger partial charge in [0.15, 0.2) is 0 Å². The Morgan fingerprint density at radius 2 is 1.58 bits per heavy atom. The average Bonchev–Trinajstić information content (AvgIpc) is 2.78. The second kappa shape index (κ2) is 6.24. The zero-order chi connectivity index (χ0) is 19.3. The topological polar surface area (TPSA) is 46.5 Å². The summed E-state index contributed by atoms with van der Waals surface area (Å²) < 4.78 is 4.80. The van der Waals surface area contributed by atoms with Crippen LogP contribution in [-0.4, -0.2) is 18.2 Å². The SMILES string of the molecule is COC(=O)c1ccc(-c2ccc3c(c2)C(C)(C)C(C)C3(C)C)cc1CO. The van der Waals surface area contributed by atoms with Crippen molar-refractivity contribution in [2.24, 2.45) is 5.92 Å². The lowest BCUT2D eigenvalue weighted by molar-refractivity contribution is 0.0597. The normalized spacial score (nSPS) is 19.9. The largest absolute Gasteiger partial charge is 0.465 e. The van der Waals surface area contributed by atoms with Crippen molar-refractivity contribution in [1.82, 2.24) is 0 Å². The molecule has 1 atom stereocenters. The summed E-state index contributed by atoms with van der Waals surface area (Å²) in [6, 6.07) is 12.2. The highest BCUT2D eigenvalue weighted by atomic mass is 16.5. The summed E-state index contributed by atoms with van der Waals surface area (Å²) in [5, 5.41) is 9.67. The smallest absolute Gasteiger partial charge is 0.338 e. The van der Waals surface area contributed by atoms with Crippen molar-refractivity contribution in [3.8, 4) is 11.1 Å². The molecule has 138 valence electrons. The number of methoxy groups -OCH3 is 1. The third-order valence-electron chi connectivity index (χ3n) is 6.59. The summed E-state index contributed by atoms with van der Waals surface area (Å²) in [6.45, 7) is 11.4. The number of carbonyl (C=O) groups is 1. The van der Waals surface area contributed by atoms with Gasteiger partial charge in [-0.2, -0.15) is 0 Å². The van der Waals surface area contributed by atoms with Gasteiger partial charge in [0.1, 0.15) is 0 Å². The Hall–Kier alpha value is -2.13. The van der Waals surface area contributed by atoms with Crippen molar-refractivity contribution in [2.45, 2.75) is 52.1 Å². The van der Waals surface area contributed by atoms with Crippen LogP contribution in [0.2, 0.25) is 0 Å². The van der Waals surface area contributed by atoms with Gasteiger partial charge < -0.3 is 9.84 Å². The molecular weight excluding hydrogens is 324 g/mol. The van der Waals surface area contributed by atoms with Gasteiger partial charge >= 0.3 is 5.97 Å². The number of ether oxygens (including phenoxy) is 1. The summed E-state index contributed by atoms with van der Waals surface area (Å²) in [7, 11) is 1.35. The fourth-order valence-corrected chi connectivity index (χ4v) is 4.40. The zero-order valence-corrected chi connectivity index (χ0v) is 16.5. The molecule has 26 heavy (non-hydrogen) atoms. The van der Waals surface area contributed by atoms with Gasteiger partial charge in [0.2, 0.25) is 0 Å². The molecule has 0 bridgehead atoms. The summed E-state index contributed by atoms with van der Waals surface area (Å²) in [5.74, 6) is 0.112. The van der Waals surface area contributed by atoms with Crippen LogP contribution in [0.4, 0.5) is 0 Å². The second-order valence-electron chi connectivity index (χ2n) is 8.45. The van der Waals surface area contributed by atoms with Crippen molar-refractivity contribution >= 4 is 5.97 Å². The van der Waals surface area contributed by atoms with E-state index in [9.17, 15) is 9.90 Å². The Bertz CT molecular complexity index is 862. The third-order valence-corrected chi connectivity index (χ3v) is 6.59. The number of carbonyl (C=O) groups excluding carboxylic acids is 1. The predicted octanol–water partition coefficient (Wildman–Crippen LogP) is 4.84. The van der Waals surface area contributed by atoms with Crippen LogP contribution in [-0.2, 0) is 22.2 Å². The van der Waals surface area contributed by atoms with E-state index in [2.05, 4.69) is 52.8 Å². The zero-order valence-electron chi connectivity index (χ0n) is 16.5. The highest BCUT2D eigenvalue weighted by molar-refractivity contribution is 5.92. The maximum absolute atomic E-state index is 11.9. The van der Waals surface area contributed by atoms with E-state index in [0.717, 1.165) is 11.1 Å². The van der Waals surface area contributed by atoms with E-state index in [4.69, 9.17) is 4.74 Å². The van der Waals surface area contributed by atoms with Gasteiger partial charge in [-0.15, -0.1) is 0 Å². The molecule has 0 aromatic heterocycles. The molecule has 0 heterocycles. The van der Waals surface area contributed by atoms with Gasteiger partial charge in [-0.25, -0.2) is 4.79 Å². The molecule has 3 nitrogen and oxygen atoms in total. The summed E-state index contributed by atoms with van der Waals surface area (Å²) in [4.78, 5) is 11.9. The van der Waals surface area contributed by atoms with Crippen LogP contribution in [0.1, 0.15) is 61.7 Å². The predicted molar refractivity (Wildman–Crippen MR) is 104 cm³/mol. The summed E-state index contributed by atoms with van der Waals surface area (Å²) in [6.07, 6.45) is 0. The minimum absolute atomic E-state index is 0.0978. The molecule has 1 aliphatic rings. The van der Waals surface area contributed by atoms with Crippen LogP contribution in [0.3, 0.4) is 0 Å². The second-order valence-corrected chi connectivity index (χ2v) is 8.45. The van der Waals surface area contributed by atoms with E-state index >= 15 is 0 Å². The van der Waals surface area contributed by atoms with E-state index in [1.807, 2.05) is 12.1 Å². The molecule has 0 saturated carbocycles. The number of fused-ring (bicyclic) bond motifs is 1. The van der Waals surface area contributed by atoms with Crippen molar-refractivity contribution in [1.29, 1.82) is 0 Å². The first-order valence-electron chi connectivity index (χ1n) is 9.12. The van der Waals surface area contributed by atoms with Crippen LogP contribution in [0.15, 0.2) is 36.4 Å². The van der Waals surface area contributed by atoms with Crippen LogP contribution in [0.25, 0.3) is 11.1 Å². The van der Waals surface area contributed by atoms with E-state index in [0.29, 0.717) is 17.0 Å². The molecular formula is C23H28O3. The molecule has 1 N–H and O–H groups in total. The number of hydrogen-bond donors (Lipinski definition) is 1. The van der Waals surface area contributed by atoms with Crippen molar-refractivity contribution in [3.05, 3.63) is 58.7 Å². The van der Waals surface area contributed by atoms with Crippen molar-refractivity contribution in [3.63, 3.8) is 0 Å². The lowest BCUT2D eigenvalue weighted by atomic mass is 9.71. The molecule has 3 rings (SSSR count). The third kappa shape index (κ3) is 2.66. The molecule has 3 heteroatoms. The number of hydrogen-bond acceptors (Lipinski definition) is 3. The molecule has 1 unspecified atom stereocenters. The number of benzene rings is 2. The highest BCUT2D eigenvalue weighted by Gasteiger charge is 2.48. The number of aliphatic hydroxyl groups is 1. The lowest BCUT2D eigenvalue weighted by Crippen LogP contribution is -2.30. The highest BCUT2D eigenvalue weighted by Crippen LogP contribution is 2.54. The molecule has 0 radical (unpaired) electrons. The van der Waals surface area contributed by atoms with Gasteiger partial charge in [0, 0.05) is 0 Å². The Kier molecular flexibility index (Phi) is 4.48. The quantitative estimate of drug-likeness (QED) is 0.804. The summed E-state index contributed by atoms with van der Waals surface area (Å²) >= 11 is 0. The van der Waals surface area contributed by atoms with Gasteiger partial charge in [-0.05, 0) is 56.7 Å². The molecule has 0 amide bonds. The fraction of sp³-hybridized carbons (Fsp3) is 0.435. The maximum Gasteiger partial charge on any atom is 0.338 e. The first kappa shape index (κ1) is 18.7. The van der Waals surface area contributed by atoms with E-state index in [-0.39, 0.29) is 17.4 Å². The number of aliphatic hydroxyl groups excluding tert-OH is 1. The van der Waals surface area contributed by atoms with E-state index < -0.39 is 5.97 Å². The van der Waals surface area contributed by atoms with Crippen LogP contribution in [0.5, 0.6) is 0 Å². The molecule has 0 aliphatic heterocycles. The van der Waals surface area contributed by atoms with Gasteiger partial charge in [-0.3, -0.25) is 0 Å². The van der Waals surface area contributed by atoms with Crippen LogP contribution in [0, 0.1) is 5.92 Å². The van der Waals surface area contributed by atoms with E-state index in [1.54, 1.807) is 6.07 Å². The van der Waals surface area contributed by atoms with Gasteiger partial charge in [0.05, 0.1) is 19.3 Å². The van der Waals surface area contributed by atoms with Crippen molar-refractivity contribution in [2.75, 3.05) is 7.11 Å². The maximum atomic E-state index is 11.9. The fourth-order valence-electron chi connectivity index (χ4n) is 4.40. The minimum Gasteiger partial charge on any atom is -0.465 e. The number of esters is 1. The Morgan fingerprint density at radius 3 is 2.19 bits per heavy atom. The molecule has 0 fully saturated rings. The molecule has 0 saturated heterocycles. The molecule has 0 spiro atoms. The lowest BCUT2D eigenvalue weighted by Gasteiger charge is -2.32. The van der Waals surface area contributed by atoms with Gasteiger partial charge in [0.25, 0.3) is 0 Å². The average molecular weight is 352 g/mol. The van der Waals surface area contributed by atoms with Crippen molar-refractivity contribution < 1.29 is 14.6 Å². The summed E-state index contributed by atoms with van der Waals surface area (Å²) in [5.41, 5.74) is 6.13. The first-order valence-corrected chi connectivity index (χ1v) is 9.12. The van der Waals surface area contributed by atoms with Crippen LogP contribution < -0.4 is 0 Å². The molecule has 1 aliphatic carbocycles. The Labute approximate surface area is 156 Å². The monoisotopic (exact) mass is 352 g/mol. The van der Waals surface area contributed by atoms with E-state index in [1.165, 1.54) is 18.2 Å². The molecule has 2 aromatic rings. The Balaban J connectivity index is 2.11.